The number of nitrogens with two attached hydrogens (primary N) is 1. The monoisotopic (exact) mass is 305 g/mol. The van der Waals surface area contributed by atoms with Gasteiger partial charge in [0, 0.05) is 24.9 Å². The van der Waals surface area contributed by atoms with E-state index >= 15 is 0 Å². The SMILES string of the molecule is CN1CC=C2C(C#N)=C(N)C(C#N)(C#N)C(c3ccoc3)C2C1. The standard InChI is InChI=1S/C17H15N5O/c1-22-4-2-12-13(6-18)16(21)17(9-19,10-20)15(14(12)7-22)11-3-5-23-8-11/h2-3,5,8,14-15H,4,7,21H2,1H3. The van der Waals surface area contributed by atoms with Crippen molar-refractivity contribution in [3.8, 4) is 18.2 Å². The Labute approximate surface area is 134 Å². The van der Waals surface area contributed by atoms with Crippen molar-refractivity contribution in [1.29, 1.82) is 15.8 Å². The van der Waals surface area contributed by atoms with E-state index in [-0.39, 0.29) is 17.2 Å². The van der Waals surface area contributed by atoms with Gasteiger partial charge in [-0.2, -0.15) is 15.8 Å². The highest BCUT2D eigenvalue weighted by atomic mass is 16.3. The van der Waals surface area contributed by atoms with Gasteiger partial charge in [-0.05, 0) is 24.3 Å². The summed E-state index contributed by atoms with van der Waals surface area (Å²) in [7, 11) is 1.97. The summed E-state index contributed by atoms with van der Waals surface area (Å²) < 4.78 is 5.17. The van der Waals surface area contributed by atoms with Gasteiger partial charge in [-0.15, -0.1) is 0 Å². The fourth-order valence-corrected chi connectivity index (χ4v) is 3.65. The topological polar surface area (TPSA) is 114 Å². The van der Waals surface area contributed by atoms with Crippen molar-refractivity contribution < 1.29 is 4.42 Å². The normalized spacial score (nSPS) is 26.4. The molecule has 6 nitrogen and oxygen atoms in total. The molecule has 6 heteroatoms. The molecule has 2 aliphatic rings. The fourth-order valence-electron chi connectivity index (χ4n) is 3.65. The van der Waals surface area contributed by atoms with Gasteiger partial charge in [-0.1, -0.05) is 6.08 Å². The molecule has 0 amide bonds. The Bertz CT molecular complexity index is 799. The average molecular weight is 305 g/mol. The number of hydrogen-bond acceptors (Lipinski definition) is 6. The van der Waals surface area contributed by atoms with Crippen molar-refractivity contribution in [2.75, 3.05) is 20.1 Å². The van der Waals surface area contributed by atoms with Crippen LogP contribution in [-0.2, 0) is 0 Å². The Morgan fingerprint density at radius 3 is 2.65 bits per heavy atom. The molecule has 114 valence electrons. The number of nitriles is 3. The zero-order chi connectivity index (χ0) is 16.6. The van der Waals surface area contributed by atoms with Crippen LogP contribution in [0.25, 0.3) is 0 Å². The molecule has 0 bridgehead atoms. The minimum atomic E-state index is -1.57. The number of rotatable bonds is 1. The highest BCUT2D eigenvalue weighted by molar-refractivity contribution is 5.59. The lowest BCUT2D eigenvalue weighted by atomic mass is 9.58. The number of allylic oxidation sites excluding steroid dienone is 2. The molecular weight excluding hydrogens is 290 g/mol. The molecular formula is C17H15N5O. The van der Waals surface area contributed by atoms with Crippen molar-refractivity contribution in [3.63, 3.8) is 0 Å². The van der Waals surface area contributed by atoms with E-state index in [1.807, 2.05) is 13.1 Å². The minimum absolute atomic E-state index is 0.0447. The first-order valence-electron chi connectivity index (χ1n) is 7.23. The van der Waals surface area contributed by atoms with Crippen LogP contribution in [0.15, 0.2) is 45.9 Å². The second-order valence-corrected chi connectivity index (χ2v) is 5.95. The molecule has 1 aromatic rings. The number of likely N-dealkylation sites (N-methyl/N-ethyl adjacent to an activating group) is 1. The van der Waals surface area contributed by atoms with Gasteiger partial charge in [0.2, 0.25) is 0 Å². The first kappa shape index (κ1) is 14.9. The molecule has 0 saturated heterocycles. The van der Waals surface area contributed by atoms with E-state index in [0.29, 0.717) is 13.1 Å². The molecule has 1 aliphatic heterocycles. The van der Waals surface area contributed by atoms with E-state index in [0.717, 1.165) is 11.1 Å². The van der Waals surface area contributed by atoms with Crippen LogP contribution in [0.2, 0.25) is 0 Å². The van der Waals surface area contributed by atoms with Gasteiger partial charge in [0.25, 0.3) is 0 Å². The van der Waals surface area contributed by atoms with Gasteiger partial charge >= 0.3 is 0 Å². The summed E-state index contributed by atoms with van der Waals surface area (Å²) in [6.45, 7) is 1.35. The zero-order valence-electron chi connectivity index (χ0n) is 12.7. The van der Waals surface area contributed by atoms with Crippen LogP contribution in [0.4, 0.5) is 0 Å². The molecule has 2 N–H and O–H groups in total. The van der Waals surface area contributed by atoms with Crippen molar-refractivity contribution in [1.82, 2.24) is 4.90 Å². The summed E-state index contributed by atoms with van der Waals surface area (Å²) >= 11 is 0. The van der Waals surface area contributed by atoms with Gasteiger partial charge in [0.1, 0.15) is 6.07 Å². The lowest BCUT2D eigenvalue weighted by molar-refractivity contribution is 0.237. The van der Waals surface area contributed by atoms with Crippen LogP contribution in [0.1, 0.15) is 11.5 Å². The molecule has 2 atom stereocenters. The molecule has 0 aromatic carbocycles. The third kappa shape index (κ3) is 1.95. The van der Waals surface area contributed by atoms with Gasteiger partial charge in [0.15, 0.2) is 5.41 Å². The second kappa shape index (κ2) is 5.32. The van der Waals surface area contributed by atoms with Crippen LogP contribution < -0.4 is 5.73 Å². The van der Waals surface area contributed by atoms with Crippen molar-refractivity contribution >= 4 is 0 Å². The Balaban J connectivity index is 2.33. The van der Waals surface area contributed by atoms with Crippen LogP contribution >= 0.6 is 0 Å². The Kier molecular flexibility index (Phi) is 3.45. The maximum absolute atomic E-state index is 9.79. The summed E-state index contributed by atoms with van der Waals surface area (Å²) in [6, 6.07) is 8.02. The molecule has 23 heavy (non-hydrogen) atoms. The van der Waals surface area contributed by atoms with Gasteiger partial charge in [-0.25, -0.2) is 0 Å². The van der Waals surface area contributed by atoms with Crippen LogP contribution in [-0.4, -0.2) is 25.0 Å². The maximum Gasteiger partial charge on any atom is 0.191 e. The van der Waals surface area contributed by atoms with Crippen molar-refractivity contribution in [3.05, 3.63) is 47.1 Å². The molecule has 2 unspecified atom stereocenters. The minimum Gasteiger partial charge on any atom is -0.472 e. The largest absolute Gasteiger partial charge is 0.472 e. The van der Waals surface area contributed by atoms with E-state index in [9.17, 15) is 15.8 Å². The summed E-state index contributed by atoms with van der Waals surface area (Å²) in [5.41, 5.74) is 6.47. The predicted octanol–water partition coefficient (Wildman–Crippen LogP) is 1.63. The van der Waals surface area contributed by atoms with E-state index in [1.54, 1.807) is 12.3 Å². The summed E-state index contributed by atoms with van der Waals surface area (Å²) in [6.07, 6.45) is 5.03. The first-order valence-corrected chi connectivity index (χ1v) is 7.23. The predicted molar refractivity (Wildman–Crippen MR) is 81.0 cm³/mol. The fraction of sp³-hybridized carbons (Fsp3) is 0.353. The van der Waals surface area contributed by atoms with E-state index < -0.39 is 11.3 Å². The van der Waals surface area contributed by atoms with E-state index in [2.05, 4.69) is 23.1 Å². The molecule has 2 heterocycles. The number of furan rings is 1. The average Bonchev–Trinajstić information content (AvgIpc) is 3.08. The maximum atomic E-state index is 9.79. The van der Waals surface area contributed by atoms with Crippen LogP contribution in [0.5, 0.6) is 0 Å². The third-order valence-electron chi connectivity index (χ3n) is 4.75. The Hall–Kier alpha value is -3.01. The molecule has 0 spiro atoms. The van der Waals surface area contributed by atoms with Crippen molar-refractivity contribution in [2.45, 2.75) is 5.92 Å². The highest BCUT2D eigenvalue weighted by Gasteiger charge is 2.54. The van der Waals surface area contributed by atoms with Crippen LogP contribution in [0.3, 0.4) is 0 Å². The smallest absolute Gasteiger partial charge is 0.191 e. The van der Waals surface area contributed by atoms with E-state index in [1.165, 1.54) is 6.26 Å². The summed E-state index contributed by atoms with van der Waals surface area (Å²) in [5.74, 6) is -0.630. The lowest BCUT2D eigenvalue weighted by Gasteiger charge is -2.44. The quantitative estimate of drug-likeness (QED) is 0.843. The van der Waals surface area contributed by atoms with E-state index in [4.69, 9.17) is 10.2 Å². The molecule has 1 aromatic heterocycles. The van der Waals surface area contributed by atoms with Crippen molar-refractivity contribution in [2.24, 2.45) is 17.1 Å². The Morgan fingerprint density at radius 2 is 2.09 bits per heavy atom. The summed E-state index contributed by atoms with van der Waals surface area (Å²) in [4.78, 5) is 2.09. The van der Waals surface area contributed by atoms with Crippen LogP contribution in [0, 0.1) is 45.3 Å². The molecule has 0 radical (unpaired) electrons. The van der Waals surface area contributed by atoms with Gasteiger partial charge in [0.05, 0.1) is 35.9 Å². The number of nitrogens with zero attached hydrogens (tertiary/aromatic N) is 4. The van der Waals surface area contributed by atoms with Gasteiger partial charge in [-0.3, -0.25) is 0 Å². The molecule has 0 saturated carbocycles. The zero-order valence-corrected chi connectivity index (χ0v) is 12.7. The molecule has 1 aliphatic carbocycles. The summed E-state index contributed by atoms with van der Waals surface area (Å²) in [5, 5.41) is 29.1. The number of hydrogen-bond donors (Lipinski definition) is 1. The molecule has 0 fully saturated rings. The Morgan fingerprint density at radius 1 is 1.35 bits per heavy atom. The number of fused-ring (bicyclic) bond motifs is 1. The first-order chi connectivity index (χ1) is 11.1. The molecule has 3 rings (SSSR count). The lowest BCUT2D eigenvalue weighted by Crippen LogP contribution is -2.47. The van der Waals surface area contributed by atoms with Gasteiger partial charge < -0.3 is 15.1 Å². The second-order valence-electron chi connectivity index (χ2n) is 5.95. The highest BCUT2D eigenvalue weighted by Crippen LogP contribution is 2.53. The third-order valence-corrected chi connectivity index (χ3v) is 4.75.